The number of carbonyl (C=O) groups excluding carboxylic acids is 2. The van der Waals surface area contributed by atoms with Crippen molar-refractivity contribution in [1.82, 2.24) is 20.2 Å². The van der Waals surface area contributed by atoms with Crippen LogP contribution in [-0.4, -0.2) is 46.6 Å². The highest BCUT2D eigenvalue weighted by atomic mass is 19.1. The molecule has 2 aromatic rings. The zero-order valence-electron chi connectivity index (χ0n) is 16.5. The van der Waals surface area contributed by atoms with Gasteiger partial charge in [-0.25, -0.2) is 23.4 Å². The summed E-state index contributed by atoms with van der Waals surface area (Å²) in [5.41, 5.74) is 1.22. The summed E-state index contributed by atoms with van der Waals surface area (Å²) < 4.78 is 33.3. The van der Waals surface area contributed by atoms with Crippen molar-refractivity contribution in [2.24, 2.45) is 5.92 Å². The number of esters is 1. The SMILES string of the molecule is CCC(C)C(NC(=O)N1CCc2[nH]cnc2C1c1cc(F)ccc1F)C(=O)OC. The van der Waals surface area contributed by atoms with Crippen molar-refractivity contribution in [1.29, 1.82) is 0 Å². The lowest BCUT2D eigenvalue weighted by molar-refractivity contribution is -0.144. The van der Waals surface area contributed by atoms with E-state index in [9.17, 15) is 18.4 Å². The number of halogens is 2. The van der Waals surface area contributed by atoms with E-state index in [4.69, 9.17) is 4.74 Å². The Balaban J connectivity index is 1.97. The first-order chi connectivity index (χ1) is 13.9. The molecule has 0 radical (unpaired) electrons. The van der Waals surface area contributed by atoms with Crippen molar-refractivity contribution in [2.75, 3.05) is 13.7 Å². The molecule has 1 aromatic carbocycles. The number of carbonyl (C=O) groups is 2. The number of aromatic amines is 1. The zero-order valence-corrected chi connectivity index (χ0v) is 16.5. The van der Waals surface area contributed by atoms with E-state index in [0.717, 1.165) is 23.9 Å². The second-order valence-corrected chi connectivity index (χ2v) is 7.11. The highest BCUT2D eigenvalue weighted by Gasteiger charge is 2.38. The van der Waals surface area contributed by atoms with Gasteiger partial charge in [0.05, 0.1) is 19.1 Å². The van der Waals surface area contributed by atoms with Crippen LogP contribution in [0.2, 0.25) is 0 Å². The van der Waals surface area contributed by atoms with Crippen LogP contribution in [0.3, 0.4) is 0 Å². The normalized spacial score (nSPS) is 18.0. The molecule has 156 valence electrons. The number of nitrogens with one attached hydrogen (secondary N) is 2. The van der Waals surface area contributed by atoms with Crippen molar-refractivity contribution in [3.8, 4) is 0 Å². The summed E-state index contributed by atoms with van der Waals surface area (Å²) in [6.45, 7) is 3.97. The van der Waals surface area contributed by atoms with Crippen molar-refractivity contribution in [3.05, 3.63) is 53.1 Å². The van der Waals surface area contributed by atoms with Gasteiger partial charge in [-0.2, -0.15) is 0 Å². The van der Waals surface area contributed by atoms with Crippen molar-refractivity contribution in [2.45, 2.75) is 38.8 Å². The summed E-state index contributed by atoms with van der Waals surface area (Å²) in [6.07, 6.45) is 2.58. The largest absolute Gasteiger partial charge is 0.467 e. The monoisotopic (exact) mass is 406 g/mol. The number of imidazole rings is 1. The summed E-state index contributed by atoms with van der Waals surface area (Å²) >= 11 is 0. The minimum Gasteiger partial charge on any atom is -0.467 e. The van der Waals surface area contributed by atoms with Gasteiger partial charge in [-0.05, 0) is 24.1 Å². The summed E-state index contributed by atoms with van der Waals surface area (Å²) in [5.74, 6) is -1.98. The molecule has 3 unspecified atom stereocenters. The number of methoxy groups -OCH3 is 1. The number of rotatable bonds is 5. The Labute approximate surface area is 167 Å². The van der Waals surface area contributed by atoms with Crippen LogP contribution in [0.25, 0.3) is 0 Å². The Morgan fingerprint density at radius 3 is 2.86 bits per heavy atom. The second-order valence-electron chi connectivity index (χ2n) is 7.11. The molecule has 3 atom stereocenters. The standard InChI is InChI=1S/C20H24F2N4O3/c1-4-11(2)16(19(27)29-3)25-20(28)26-8-7-15-17(24-10-23-15)18(26)13-9-12(21)5-6-14(13)22/h5-6,9-11,16,18H,4,7-8H2,1-3H3,(H,23,24)(H,25,28). The molecule has 7 nitrogen and oxygen atoms in total. The predicted molar refractivity (Wildman–Crippen MR) is 101 cm³/mol. The van der Waals surface area contributed by atoms with Gasteiger partial charge in [0, 0.05) is 24.2 Å². The Bertz CT molecular complexity index is 902. The third-order valence-corrected chi connectivity index (χ3v) is 5.39. The minimum atomic E-state index is -0.920. The number of nitrogens with zero attached hydrogens (tertiary/aromatic N) is 2. The fraction of sp³-hybridized carbons (Fsp3) is 0.450. The van der Waals surface area contributed by atoms with Crippen LogP contribution in [0.5, 0.6) is 0 Å². The van der Waals surface area contributed by atoms with E-state index in [-0.39, 0.29) is 18.0 Å². The number of aromatic nitrogens is 2. The van der Waals surface area contributed by atoms with E-state index in [1.807, 2.05) is 13.8 Å². The lowest BCUT2D eigenvalue weighted by Gasteiger charge is -2.36. The van der Waals surface area contributed by atoms with Crippen molar-refractivity contribution >= 4 is 12.0 Å². The Morgan fingerprint density at radius 2 is 2.17 bits per heavy atom. The number of fused-ring (bicyclic) bond motifs is 1. The van der Waals surface area contributed by atoms with Crippen LogP contribution in [0.15, 0.2) is 24.5 Å². The number of hydrogen-bond donors (Lipinski definition) is 2. The smallest absolute Gasteiger partial charge is 0.328 e. The minimum absolute atomic E-state index is 0.00589. The molecule has 1 aliphatic heterocycles. The zero-order chi connectivity index (χ0) is 21.1. The summed E-state index contributed by atoms with van der Waals surface area (Å²) in [7, 11) is 1.26. The molecule has 2 amide bonds. The Kier molecular flexibility index (Phi) is 6.14. The maximum Gasteiger partial charge on any atom is 0.328 e. The lowest BCUT2D eigenvalue weighted by atomic mass is 9.95. The van der Waals surface area contributed by atoms with E-state index in [1.54, 1.807) is 0 Å². The van der Waals surface area contributed by atoms with Crippen LogP contribution in [-0.2, 0) is 16.0 Å². The lowest BCUT2D eigenvalue weighted by Crippen LogP contribution is -2.53. The summed E-state index contributed by atoms with van der Waals surface area (Å²) in [6, 6.07) is 0.776. The van der Waals surface area contributed by atoms with E-state index < -0.39 is 35.7 Å². The molecule has 0 bridgehead atoms. The molecular formula is C20H24F2N4O3. The van der Waals surface area contributed by atoms with Gasteiger partial charge in [-0.15, -0.1) is 0 Å². The third-order valence-electron chi connectivity index (χ3n) is 5.39. The number of H-pyrrole nitrogens is 1. The third kappa shape index (κ3) is 4.08. The van der Waals surface area contributed by atoms with E-state index >= 15 is 0 Å². The summed E-state index contributed by atoms with van der Waals surface area (Å²) in [5, 5.41) is 2.70. The van der Waals surface area contributed by atoms with Gasteiger partial charge < -0.3 is 19.9 Å². The van der Waals surface area contributed by atoms with E-state index in [1.165, 1.54) is 18.3 Å². The Hall–Kier alpha value is -2.97. The van der Waals surface area contributed by atoms with Gasteiger partial charge >= 0.3 is 12.0 Å². The number of benzene rings is 1. The fourth-order valence-corrected chi connectivity index (χ4v) is 3.55. The van der Waals surface area contributed by atoms with Crippen molar-refractivity contribution in [3.63, 3.8) is 0 Å². The first-order valence-corrected chi connectivity index (χ1v) is 9.49. The van der Waals surface area contributed by atoms with Gasteiger partial charge in [0.2, 0.25) is 0 Å². The topological polar surface area (TPSA) is 87.3 Å². The van der Waals surface area contributed by atoms with Gasteiger partial charge in [0.1, 0.15) is 23.7 Å². The molecule has 2 heterocycles. The maximum absolute atomic E-state index is 14.6. The van der Waals surface area contributed by atoms with Crippen LogP contribution >= 0.6 is 0 Å². The molecule has 1 aliphatic rings. The first kappa shape index (κ1) is 20.8. The molecule has 0 fully saturated rings. The first-order valence-electron chi connectivity index (χ1n) is 9.49. The van der Waals surface area contributed by atoms with Crippen LogP contribution < -0.4 is 5.32 Å². The molecule has 2 N–H and O–H groups in total. The highest BCUT2D eigenvalue weighted by Crippen LogP contribution is 2.35. The molecule has 0 aliphatic carbocycles. The maximum atomic E-state index is 14.6. The number of amides is 2. The van der Waals surface area contributed by atoms with Crippen LogP contribution in [0.4, 0.5) is 13.6 Å². The molecule has 3 rings (SSSR count). The molecule has 29 heavy (non-hydrogen) atoms. The predicted octanol–water partition coefficient (Wildman–Crippen LogP) is 2.93. The molecule has 0 saturated carbocycles. The number of hydrogen-bond acceptors (Lipinski definition) is 4. The number of ether oxygens (including phenoxy) is 1. The van der Waals surface area contributed by atoms with Crippen molar-refractivity contribution < 1.29 is 23.1 Å². The van der Waals surface area contributed by atoms with Crippen LogP contribution in [0.1, 0.15) is 43.3 Å². The summed E-state index contributed by atoms with van der Waals surface area (Å²) in [4.78, 5) is 33.9. The van der Waals surface area contributed by atoms with Crippen LogP contribution in [0, 0.1) is 17.6 Å². The van der Waals surface area contributed by atoms with Gasteiger partial charge in [-0.3, -0.25) is 0 Å². The molecular weight excluding hydrogens is 382 g/mol. The number of urea groups is 1. The van der Waals surface area contributed by atoms with E-state index in [2.05, 4.69) is 15.3 Å². The van der Waals surface area contributed by atoms with Gasteiger partial charge in [0.15, 0.2) is 0 Å². The van der Waals surface area contributed by atoms with Gasteiger partial charge in [-0.1, -0.05) is 20.3 Å². The average Bonchev–Trinajstić information content (AvgIpc) is 3.20. The molecule has 1 aromatic heterocycles. The highest BCUT2D eigenvalue weighted by molar-refractivity contribution is 5.84. The van der Waals surface area contributed by atoms with E-state index in [0.29, 0.717) is 18.5 Å². The molecule has 0 spiro atoms. The fourth-order valence-electron chi connectivity index (χ4n) is 3.55. The molecule has 9 heteroatoms. The second kappa shape index (κ2) is 8.59. The quantitative estimate of drug-likeness (QED) is 0.748. The van der Waals surface area contributed by atoms with Gasteiger partial charge in [0.25, 0.3) is 0 Å². The Morgan fingerprint density at radius 1 is 1.41 bits per heavy atom. The average molecular weight is 406 g/mol. The molecule has 0 saturated heterocycles.